The number of carbonyl (C=O) groups excluding carboxylic acids is 2. The van der Waals surface area contributed by atoms with Gasteiger partial charge in [-0.3, -0.25) is 9.59 Å². The van der Waals surface area contributed by atoms with Crippen molar-refractivity contribution in [1.29, 1.82) is 0 Å². The van der Waals surface area contributed by atoms with Crippen molar-refractivity contribution in [2.75, 3.05) is 13.2 Å². The number of hydrogen-bond donors (Lipinski definition) is 1. The zero-order chi connectivity index (χ0) is 30.8. The van der Waals surface area contributed by atoms with Gasteiger partial charge in [0.05, 0.1) is 6.61 Å². The minimum atomic E-state index is -0.767. The SMILES string of the molecule is CCCCCCCCC/C=C\CCCCCCCC(=O)OC(CO)COC(=O)CCCCCCCCCCCCCC. The zero-order valence-electron chi connectivity index (χ0n) is 28.0. The Morgan fingerprint density at radius 3 is 1.29 bits per heavy atom. The van der Waals surface area contributed by atoms with E-state index < -0.39 is 6.10 Å². The first-order chi connectivity index (χ1) is 20.6. The molecule has 0 rings (SSSR count). The van der Waals surface area contributed by atoms with Crippen LogP contribution in [0.5, 0.6) is 0 Å². The van der Waals surface area contributed by atoms with Gasteiger partial charge in [-0.1, -0.05) is 154 Å². The van der Waals surface area contributed by atoms with Gasteiger partial charge < -0.3 is 14.6 Å². The fourth-order valence-corrected chi connectivity index (χ4v) is 5.25. The van der Waals surface area contributed by atoms with Gasteiger partial charge in [-0.05, 0) is 38.5 Å². The number of ether oxygens (including phenoxy) is 2. The number of carbonyl (C=O) groups is 2. The predicted molar refractivity (Wildman–Crippen MR) is 178 cm³/mol. The molecule has 0 aromatic rings. The van der Waals surface area contributed by atoms with Gasteiger partial charge in [0.25, 0.3) is 0 Å². The Hall–Kier alpha value is -1.36. The summed E-state index contributed by atoms with van der Waals surface area (Å²) in [7, 11) is 0. The molecule has 5 heteroatoms. The highest BCUT2D eigenvalue weighted by Gasteiger charge is 2.16. The minimum Gasteiger partial charge on any atom is -0.462 e. The Labute approximate surface area is 261 Å². The number of aliphatic hydroxyl groups is 1. The van der Waals surface area contributed by atoms with Crippen LogP contribution >= 0.6 is 0 Å². The molecular formula is C37H70O5. The van der Waals surface area contributed by atoms with Gasteiger partial charge >= 0.3 is 11.9 Å². The molecule has 1 N–H and O–H groups in total. The number of hydrogen-bond acceptors (Lipinski definition) is 5. The summed E-state index contributed by atoms with van der Waals surface area (Å²) in [6.07, 6.45) is 36.9. The van der Waals surface area contributed by atoms with Gasteiger partial charge in [-0.2, -0.15) is 0 Å². The van der Waals surface area contributed by atoms with E-state index in [9.17, 15) is 14.7 Å². The maximum Gasteiger partial charge on any atom is 0.306 e. The molecule has 0 aliphatic heterocycles. The summed E-state index contributed by atoms with van der Waals surface area (Å²) in [6, 6.07) is 0. The summed E-state index contributed by atoms with van der Waals surface area (Å²) in [4.78, 5) is 24.1. The van der Waals surface area contributed by atoms with Crippen molar-refractivity contribution in [1.82, 2.24) is 0 Å². The van der Waals surface area contributed by atoms with Crippen LogP contribution in [-0.2, 0) is 19.1 Å². The van der Waals surface area contributed by atoms with Crippen LogP contribution in [0.25, 0.3) is 0 Å². The van der Waals surface area contributed by atoms with E-state index in [4.69, 9.17) is 9.47 Å². The average Bonchev–Trinajstić information content (AvgIpc) is 2.99. The molecule has 5 nitrogen and oxygen atoms in total. The van der Waals surface area contributed by atoms with Crippen molar-refractivity contribution in [3.8, 4) is 0 Å². The van der Waals surface area contributed by atoms with Gasteiger partial charge in [-0.25, -0.2) is 0 Å². The third-order valence-electron chi connectivity index (χ3n) is 8.06. The van der Waals surface area contributed by atoms with Crippen LogP contribution < -0.4 is 0 Å². The molecule has 0 aliphatic rings. The van der Waals surface area contributed by atoms with Crippen molar-refractivity contribution in [2.45, 2.75) is 200 Å². The number of aliphatic hydroxyl groups excluding tert-OH is 1. The third kappa shape index (κ3) is 31.6. The Bertz CT molecular complexity index is 603. The van der Waals surface area contributed by atoms with Crippen LogP contribution in [0.3, 0.4) is 0 Å². The number of unbranched alkanes of at least 4 members (excludes halogenated alkanes) is 23. The molecule has 0 amide bonds. The highest BCUT2D eigenvalue weighted by atomic mass is 16.6. The molecule has 0 radical (unpaired) electrons. The fourth-order valence-electron chi connectivity index (χ4n) is 5.25. The molecule has 0 fully saturated rings. The average molecular weight is 595 g/mol. The van der Waals surface area contributed by atoms with Crippen LogP contribution in [0.2, 0.25) is 0 Å². The largest absolute Gasteiger partial charge is 0.462 e. The second-order valence-corrected chi connectivity index (χ2v) is 12.3. The van der Waals surface area contributed by atoms with Gasteiger partial charge in [0.15, 0.2) is 6.10 Å². The van der Waals surface area contributed by atoms with Crippen LogP contribution in [0, 0.1) is 0 Å². The number of esters is 2. The van der Waals surface area contributed by atoms with E-state index in [1.54, 1.807) is 0 Å². The van der Waals surface area contributed by atoms with Crippen molar-refractivity contribution in [3.63, 3.8) is 0 Å². The maximum atomic E-state index is 12.1. The second-order valence-electron chi connectivity index (χ2n) is 12.3. The van der Waals surface area contributed by atoms with E-state index in [0.717, 1.165) is 44.9 Å². The molecule has 1 atom stereocenters. The van der Waals surface area contributed by atoms with Crippen molar-refractivity contribution < 1.29 is 24.2 Å². The van der Waals surface area contributed by atoms with Crippen LogP contribution in [-0.4, -0.2) is 36.4 Å². The molecule has 1 unspecified atom stereocenters. The van der Waals surface area contributed by atoms with Crippen LogP contribution in [0.4, 0.5) is 0 Å². The molecule has 0 heterocycles. The molecule has 248 valence electrons. The Morgan fingerprint density at radius 2 is 0.881 bits per heavy atom. The minimum absolute atomic E-state index is 0.0637. The van der Waals surface area contributed by atoms with Crippen molar-refractivity contribution in [2.24, 2.45) is 0 Å². The molecule has 0 spiro atoms. The number of allylic oxidation sites excluding steroid dienone is 2. The van der Waals surface area contributed by atoms with Crippen LogP contribution in [0.15, 0.2) is 12.2 Å². The molecule has 0 aromatic heterocycles. The van der Waals surface area contributed by atoms with E-state index in [2.05, 4.69) is 26.0 Å². The van der Waals surface area contributed by atoms with Gasteiger partial charge in [-0.15, -0.1) is 0 Å². The lowest BCUT2D eigenvalue weighted by Crippen LogP contribution is -2.28. The molecular weight excluding hydrogens is 524 g/mol. The third-order valence-corrected chi connectivity index (χ3v) is 8.06. The first-order valence-electron chi connectivity index (χ1n) is 18.2. The van der Waals surface area contributed by atoms with E-state index in [-0.39, 0.29) is 25.2 Å². The number of rotatable bonds is 33. The summed E-state index contributed by atoms with van der Waals surface area (Å²) >= 11 is 0. The smallest absolute Gasteiger partial charge is 0.306 e. The lowest BCUT2D eigenvalue weighted by Gasteiger charge is -2.15. The maximum absolute atomic E-state index is 12.1. The monoisotopic (exact) mass is 595 g/mol. The Kier molecular flexibility index (Phi) is 33.0. The summed E-state index contributed by atoms with van der Waals surface area (Å²) < 4.78 is 10.6. The fraction of sp³-hybridized carbons (Fsp3) is 0.892. The summed E-state index contributed by atoms with van der Waals surface area (Å²) in [5.74, 6) is -0.594. The zero-order valence-corrected chi connectivity index (χ0v) is 28.0. The predicted octanol–water partition coefficient (Wildman–Crippen LogP) is 11.0. The molecule has 0 aliphatic carbocycles. The highest BCUT2D eigenvalue weighted by Crippen LogP contribution is 2.14. The summed E-state index contributed by atoms with van der Waals surface area (Å²) in [6.45, 7) is 4.13. The van der Waals surface area contributed by atoms with E-state index in [1.807, 2.05) is 0 Å². The Morgan fingerprint density at radius 1 is 0.524 bits per heavy atom. The summed E-state index contributed by atoms with van der Waals surface area (Å²) in [5, 5.41) is 9.51. The molecule has 42 heavy (non-hydrogen) atoms. The standard InChI is InChI=1S/C37H70O5/c1-3-5-7-9-11-13-15-17-18-19-20-22-24-26-28-30-32-37(40)42-35(33-38)34-41-36(39)31-29-27-25-23-21-16-14-12-10-8-6-4-2/h18-19,35,38H,3-17,20-34H2,1-2H3/b19-18-. The molecule has 0 saturated carbocycles. The van der Waals surface area contributed by atoms with Gasteiger partial charge in [0, 0.05) is 12.8 Å². The summed E-state index contributed by atoms with van der Waals surface area (Å²) in [5.41, 5.74) is 0. The second kappa shape index (κ2) is 34.1. The first kappa shape index (κ1) is 40.6. The van der Waals surface area contributed by atoms with Crippen molar-refractivity contribution in [3.05, 3.63) is 12.2 Å². The quantitative estimate of drug-likeness (QED) is 0.0465. The lowest BCUT2D eigenvalue weighted by atomic mass is 10.0. The molecule has 0 bridgehead atoms. The van der Waals surface area contributed by atoms with E-state index in [0.29, 0.717) is 12.8 Å². The normalized spacial score (nSPS) is 12.2. The van der Waals surface area contributed by atoms with E-state index >= 15 is 0 Å². The lowest BCUT2D eigenvalue weighted by molar-refractivity contribution is -0.161. The molecule has 0 saturated heterocycles. The highest BCUT2D eigenvalue weighted by molar-refractivity contribution is 5.70. The van der Waals surface area contributed by atoms with Gasteiger partial charge in [0.2, 0.25) is 0 Å². The Balaban J connectivity index is 3.55. The van der Waals surface area contributed by atoms with E-state index in [1.165, 1.54) is 122 Å². The van der Waals surface area contributed by atoms with Gasteiger partial charge in [0.1, 0.15) is 6.61 Å². The first-order valence-corrected chi connectivity index (χ1v) is 18.2. The topological polar surface area (TPSA) is 72.8 Å². The van der Waals surface area contributed by atoms with Crippen molar-refractivity contribution >= 4 is 11.9 Å². The molecule has 0 aromatic carbocycles. The van der Waals surface area contributed by atoms with Crippen LogP contribution in [0.1, 0.15) is 194 Å².